The number of aromatic nitrogens is 2. The quantitative estimate of drug-likeness (QED) is 0.155. The molecule has 4 rings (SSSR count). The first-order chi connectivity index (χ1) is 21.8. The molecule has 1 unspecified atom stereocenters. The normalized spacial score (nSPS) is 12.9. The van der Waals surface area contributed by atoms with Gasteiger partial charge >= 0.3 is 12.0 Å². The van der Waals surface area contributed by atoms with Crippen LogP contribution in [-0.2, 0) is 28.0 Å². The molecule has 2 atom stereocenters. The average molecular weight is 617 g/mol. The molecule has 1 N–H and O–H groups in total. The van der Waals surface area contributed by atoms with Crippen molar-refractivity contribution < 1.29 is 38.3 Å². The van der Waals surface area contributed by atoms with Crippen molar-refractivity contribution in [3.8, 4) is 29.1 Å². The van der Waals surface area contributed by atoms with Crippen molar-refractivity contribution >= 4 is 5.97 Å². The number of carbonyl (C=O) groups is 1. The largest absolute Gasteiger partial charge is 0.493 e. The average Bonchev–Trinajstić information content (AvgIpc) is 3.06. The number of aryl methyl sites for hydroxylation is 2. The molecule has 0 bridgehead atoms. The summed E-state index contributed by atoms with van der Waals surface area (Å²) < 4.78 is 34.7. The number of aliphatic carboxylic acids is 1. The van der Waals surface area contributed by atoms with E-state index in [0.717, 1.165) is 11.1 Å². The van der Waals surface area contributed by atoms with Gasteiger partial charge in [-0.3, -0.25) is 0 Å². The minimum Gasteiger partial charge on any atom is -0.493 e. The molecule has 10 heteroatoms. The van der Waals surface area contributed by atoms with E-state index in [1.54, 1.807) is 34.3 Å². The van der Waals surface area contributed by atoms with Gasteiger partial charge in [-0.2, -0.15) is 4.98 Å². The number of hydrogen-bond acceptors (Lipinski definition) is 9. The highest BCUT2D eigenvalue weighted by molar-refractivity contribution is 5.75. The summed E-state index contributed by atoms with van der Waals surface area (Å²) in [5.74, 6) is 0.564. The number of benzene rings is 3. The van der Waals surface area contributed by atoms with Gasteiger partial charge in [-0.15, -0.1) is 0 Å². The predicted octanol–water partition coefficient (Wildman–Crippen LogP) is 5.83. The molecule has 10 nitrogen and oxygen atoms in total. The molecular formula is C35H40N2O8. The molecular weight excluding hydrogens is 576 g/mol. The molecule has 0 saturated carbocycles. The first-order valence-corrected chi connectivity index (χ1v) is 14.6. The maximum atomic E-state index is 13.1. The fraction of sp³-hybridized carbons (Fsp3) is 0.343. The van der Waals surface area contributed by atoms with E-state index in [1.165, 1.54) is 7.11 Å². The number of hydrogen-bond donors (Lipinski definition) is 1. The van der Waals surface area contributed by atoms with Gasteiger partial charge in [0.05, 0.1) is 35.0 Å². The van der Waals surface area contributed by atoms with Crippen LogP contribution in [0.4, 0.5) is 0 Å². The van der Waals surface area contributed by atoms with Crippen LogP contribution >= 0.6 is 0 Å². The van der Waals surface area contributed by atoms with E-state index in [4.69, 9.17) is 28.4 Å². The predicted molar refractivity (Wildman–Crippen MR) is 169 cm³/mol. The van der Waals surface area contributed by atoms with Gasteiger partial charge in [0.25, 0.3) is 0 Å². The summed E-state index contributed by atoms with van der Waals surface area (Å²) in [6.07, 6.45) is 0.592. The lowest BCUT2D eigenvalue weighted by molar-refractivity contribution is -0.173. The third-order valence-electron chi connectivity index (χ3n) is 7.48. The summed E-state index contributed by atoms with van der Waals surface area (Å²) in [7, 11) is 6.14. The lowest BCUT2D eigenvalue weighted by atomic mass is 9.82. The monoisotopic (exact) mass is 616 g/mol. The molecule has 0 aliphatic rings. The topological polar surface area (TPSA) is 118 Å². The van der Waals surface area contributed by atoms with Crippen molar-refractivity contribution in [2.45, 2.75) is 44.3 Å². The fourth-order valence-electron chi connectivity index (χ4n) is 5.33. The van der Waals surface area contributed by atoms with Crippen molar-refractivity contribution in [1.82, 2.24) is 9.97 Å². The van der Waals surface area contributed by atoms with Crippen molar-refractivity contribution in [3.63, 3.8) is 0 Å². The molecule has 0 fully saturated rings. The summed E-state index contributed by atoms with van der Waals surface area (Å²) in [5, 5.41) is 10.7. The van der Waals surface area contributed by atoms with E-state index in [9.17, 15) is 9.90 Å². The Morgan fingerprint density at radius 1 is 0.800 bits per heavy atom. The zero-order chi connectivity index (χ0) is 32.2. The Bertz CT molecular complexity index is 1510. The first kappa shape index (κ1) is 33.1. The molecule has 0 saturated heterocycles. The zero-order valence-electron chi connectivity index (χ0n) is 26.3. The van der Waals surface area contributed by atoms with Crippen LogP contribution in [-0.4, -0.2) is 62.2 Å². The second-order valence-electron chi connectivity index (χ2n) is 10.4. The van der Waals surface area contributed by atoms with Gasteiger partial charge in [-0.1, -0.05) is 60.7 Å². The van der Waals surface area contributed by atoms with Gasteiger partial charge < -0.3 is 33.5 Å². The second kappa shape index (κ2) is 15.8. The molecule has 0 spiro atoms. The summed E-state index contributed by atoms with van der Waals surface area (Å²) >= 11 is 0. The molecule has 0 radical (unpaired) electrons. The van der Waals surface area contributed by atoms with Crippen LogP contribution in [0, 0.1) is 6.92 Å². The Balaban J connectivity index is 1.74. The van der Waals surface area contributed by atoms with E-state index in [-0.39, 0.29) is 18.5 Å². The van der Waals surface area contributed by atoms with Crippen LogP contribution in [0.25, 0.3) is 0 Å². The summed E-state index contributed by atoms with van der Waals surface area (Å²) in [6.45, 7) is 1.91. The maximum Gasteiger partial charge on any atom is 0.348 e. The van der Waals surface area contributed by atoms with Crippen molar-refractivity contribution in [3.05, 3.63) is 101 Å². The lowest BCUT2D eigenvalue weighted by Gasteiger charge is -2.38. The van der Waals surface area contributed by atoms with E-state index in [0.29, 0.717) is 54.2 Å². The standard InChI is InChI=1S/C35H40N2O8/c1-24-21-30(42-4)37-34(36-24)45-32(33(38)39)35(27-16-10-7-11-17-27,19-12-15-25-13-8-6-9-14-25)44-20-18-26-22-28(40-2)31(43-5)29(23-26)41-3/h6-11,13-14,16-17,21-23,32H,12,15,18-20H2,1-5H3,(H,38,39)/t32-,35?/m1/s1. The third kappa shape index (κ3) is 8.21. The number of ether oxygens (including phenoxy) is 6. The summed E-state index contributed by atoms with van der Waals surface area (Å²) in [5.41, 5.74) is 1.81. The van der Waals surface area contributed by atoms with Gasteiger partial charge in [0, 0.05) is 11.8 Å². The number of rotatable bonds is 17. The highest BCUT2D eigenvalue weighted by Gasteiger charge is 2.48. The fourth-order valence-corrected chi connectivity index (χ4v) is 5.33. The second-order valence-corrected chi connectivity index (χ2v) is 10.4. The Morgan fingerprint density at radius 2 is 1.44 bits per heavy atom. The number of nitrogens with zero attached hydrogens (tertiary/aromatic N) is 2. The van der Waals surface area contributed by atoms with Crippen LogP contribution in [0.5, 0.6) is 29.1 Å². The number of carboxylic acid groups (broad SMARTS) is 1. The van der Waals surface area contributed by atoms with Gasteiger partial charge in [0.1, 0.15) is 5.60 Å². The summed E-state index contributed by atoms with van der Waals surface area (Å²) in [6, 6.07) is 24.6. The molecule has 1 heterocycles. The van der Waals surface area contributed by atoms with Crippen LogP contribution in [0.15, 0.2) is 78.9 Å². The van der Waals surface area contributed by atoms with Gasteiger partial charge in [0.15, 0.2) is 11.5 Å². The minimum atomic E-state index is -1.50. The molecule has 238 valence electrons. The Morgan fingerprint density at radius 3 is 2.02 bits per heavy atom. The van der Waals surface area contributed by atoms with Crippen LogP contribution in [0.1, 0.15) is 35.2 Å². The highest BCUT2D eigenvalue weighted by Crippen LogP contribution is 2.40. The van der Waals surface area contributed by atoms with Crippen LogP contribution < -0.4 is 23.7 Å². The minimum absolute atomic E-state index is 0.115. The van der Waals surface area contributed by atoms with E-state index >= 15 is 0 Å². The zero-order valence-corrected chi connectivity index (χ0v) is 26.3. The lowest BCUT2D eigenvalue weighted by Crippen LogP contribution is -2.51. The van der Waals surface area contributed by atoms with Crippen molar-refractivity contribution in [1.29, 1.82) is 0 Å². The van der Waals surface area contributed by atoms with Gasteiger partial charge in [0.2, 0.25) is 17.7 Å². The number of carboxylic acids is 1. The smallest absolute Gasteiger partial charge is 0.348 e. The molecule has 4 aromatic rings. The van der Waals surface area contributed by atoms with Gasteiger partial charge in [-0.25, -0.2) is 9.78 Å². The van der Waals surface area contributed by atoms with Gasteiger partial charge in [-0.05, 0) is 61.4 Å². The first-order valence-electron chi connectivity index (χ1n) is 14.6. The molecule has 45 heavy (non-hydrogen) atoms. The molecule has 1 aromatic heterocycles. The van der Waals surface area contributed by atoms with Crippen molar-refractivity contribution in [2.75, 3.05) is 35.0 Å². The summed E-state index contributed by atoms with van der Waals surface area (Å²) in [4.78, 5) is 21.8. The van der Waals surface area contributed by atoms with E-state index < -0.39 is 17.7 Å². The Hall–Kier alpha value is -4.83. The Kier molecular flexibility index (Phi) is 11.6. The molecule has 0 aliphatic heterocycles. The molecule has 0 amide bonds. The SMILES string of the molecule is COc1cc(C)nc(O[C@H](C(=O)O)C(CCCc2ccccc2)(OCCc2cc(OC)c(OC)c(OC)c2)c2ccccc2)n1. The van der Waals surface area contributed by atoms with E-state index in [2.05, 4.69) is 9.97 Å². The van der Waals surface area contributed by atoms with Crippen LogP contribution in [0.2, 0.25) is 0 Å². The van der Waals surface area contributed by atoms with Crippen molar-refractivity contribution in [2.24, 2.45) is 0 Å². The number of methoxy groups -OCH3 is 4. The molecule has 0 aliphatic carbocycles. The van der Waals surface area contributed by atoms with E-state index in [1.807, 2.05) is 72.8 Å². The molecule has 3 aromatic carbocycles. The Labute approximate surface area is 263 Å². The maximum absolute atomic E-state index is 13.1. The third-order valence-corrected chi connectivity index (χ3v) is 7.48. The van der Waals surface area contributed by atoms with Crippen LogP contribution in [0.3, 0.4) is 0 Å². The highest BCUT2D eigenvalue weighted by atomic mass is 16.6.